The quantitative estimate of drug-likeness (QED) is 0.195. The fourth-order valence-electron chi connectivity index (χ4n) is 5.81. The van der Waals surface area contributed by atoms with Crippen LogP contribution in [0.4, 0.5) is 26.3 Å². The fourth-order valence-corrected chi connectivity index (χ4v) is 5.81. The van der Waals surface area contributed by atoms with E-state index >= 15 is 0 Å². The molecule has 0 spiro atoms. The summed E-state index contributed by atoms with van der Waals surface area (Å²) in [6.07, 6.45) is -9.87. The third kappa shape index (κ3) is 5.89. The van der Waals surface area contributed by atoms with Crippen LogP contribution in [0.5, 0.6) is 0 Å². The summed E-state index contributed by atoms with van der Waals surface area (Å²) < 4.78 is 82.9. The minimum Gasteiger partial charge on any atom is -1.00 e. The van der Waals surface area contributed by atoms with Crippen molar-refractivity contribution in [3.8, 4) is 11.1 Å². The molecule has 5 aromatic rings. The van der Waals surface area contributed by atoms with E-state index in [1.54, 1.807) is 6.07 Å². The normalized spacial score (nSPS) is 14.6. The van der Waals surface area contributed by atoms with Gasteiger partial charge in [0, 0.05) is 17.0 Å². The summed E-state index contributed by atoms with van der Waals surface area (Å²) in [5, 5.41) is 1.55. The third-order valence-electron chi connectivity index (χ3n) is 7.48. The van der Waals surface area contributed by atoms with Gasteiger partial charge in [0.25, 0.3) is 0 Å². The molecule has 1 radical (unpaired) electrons. The van der Waals surface area contributed by atoms with Crippen molar-refractivity contribution < 1.29 is 77.4 Å². The van der Waals surface area contributed by atoms with Gasteiger partial charge in [0.15, 0.2) is 0 Å². The number of rotatable bonds is 3. The average molecular weight is 694 g/mol. The zero-order valence-electron chi connectivity index (χ0n) is 21.9. The summed E-state index contributed by atoms with van der Waals surface area (Å²) in [4.78, 5) is 0. The summed E-state index contributed by atoms with van der Waals surface area (Å²) in [5.74, 6) is -0.387. The Morgan fingerprint density at radius 3 is 1.81 bits per heavy atom. The van der Waals surface area contributed by atoms with Crippen LogP contribution in [0.25, 0.3) is 33.0 Å². The number of hydrogen-bond donors (Lipinski definition) is 0. The second-order valence-corrected chi connectivity index (χ2v) is 9.78. The summed E-state index contributed by atoms with van der Waals surface area (Å²) >= 11 is 0. The van der Waals surface area contributed by atoms with Crippen molar-refractivity contribution in [2.24, 2.45) is 0 Å². The standard InChI is InChI=1S/C33H21F6.2ClH.Zr/c1-19-25-12-7-8-14-27(25)31(29(19)20-9-3-2-4-10-20)30-26-13-6-5-11-21(26)17-28(30)22-15-23(32(34,35)36)18-24(16-22)33(37,38)39;;;/h2-18,31H,1H3;2*1H;/q-1;;;+3/p-2. The molecule has 6 rings (SSSR count). The van der Waals surface area contributed by atoms with E-state index in [4.69, 9.17) is 0 Å². The summed E-state index contributed by atoms with van der Waals surface area (Å²) in [7, 11) is 0. The van der Waals surface area contributed by atoms with Crippen LogP contribution in [0.1, 0.15) is 46.2 Å². The molecule has 9 heteroatoms. The van der Waals surface area contributed by atoms with Gasteiger partial charge < -0.3 is 24.8 Å². The molecule has 42 heavy (non-hydrogen) atoms. The Bertz CT molecular complexity index is 1720. The van der Waals surface area contributed by atoms with Crippen LogP contribution in [-0.4, -0.2) is 0 Å². The van der Waals surface area contributed by atoms with Crippen LogP contribution in [-0.2, 0) is 38.6 Å². The molecule has 0 aliphatic heterocycles. The molecule has 1 unspecified atom stereocenters. The Hall–Kier alpha value is -2.73. The Kier molecular flexibility index (Phi) is 10.0. The number of fused-ring (bicyclic) bond motifs is 2. The molecule has 0 N–H and O–H groups in total. The van der Waals surface area contributed by atoms with Gasteiger partial charge in [0.1, 0.15) is 0 Å². The molecular weight excluding hydrogens is 672 g/mol. The molecule has 0 bridgehead atoms. The van der Waals surface area contributed by atoms with Gasteiger partial charge in [-0.3, -0.25) is 0 Å². The van der Waals surface area contributed by atoms with Crippen LogP contribution in [0.15, 0.2) is 103 Å². The summed E-state index contributed by atoms with van der Waals surface area (Å²) in [5.41, 5.74) is 3.22. The molecule has 5 aromatic carbocycles. The number of benzene rings is 4. The Morgan fingerprint density at radius 2 is 1.19 bits per heavy atom. The molecule has 0 amide bonds. The molecule has 0 heterocycles. The first-order chi connectivity index (χ1) is 18.5. The Labute approximate surface area is 270 Å². The van der Waals surface area contributed by atoms with Gasteiger partial charge >= 0.3 is 38.6 Å². The monoisotopic (exact) mass is 691 g/mol. The first-order valence-corrected chi connectivity index (χ1v) is 12.4. The fraction of sp³-hybridized carbons (Fsp3) is 0.121. The smallest absolute Gasteiger partial charge is 1.00 e. The largest absolute Gasteiger partial charge is 3.00 e. The van der Waals surface area contributed by atoms with Crippen LogP contribution in [0.3, 0.4) is 0 Å². The number of allylic oxidation sites excluding steroid dienone is 2. The molecule has 0 nitrogen and oxygen atoms in total. The molecule has 0 fully saturated rings. The van der Waals surface area contributed by atoms with E-state index in [2.05, 4.69) is 0 Å². The maximum Gasteiger partial charge on any atom is 3.00 e. The van der Waals surface area contributed by atoms with Crippen LogP contribution < -0.4 is 24.8 Å². The molecular formula is C33H21Cl2F6Zr. The maximum absolute atomic E-state index is 13.8. The van der Waals surface area contributed by atoms with Gasteiger partial charge in [-0.25, -0.2) is 0 Å². The molecule has 1 aliphatic rings. The van der Waals surface area contributed by atoms with E-state index in [1.807, 2.05) is 85.8 Å². The predicted molar refractivity (Wildman–Crippen MR) is 142 cm³/mol. The Morgan fingerprint density at radius 1 is 0.643 bits per heavy atom. The van der Waals surface area contributed by atoms with Crippen LogP contribution in [0.2, 0.25) is 0 Å². The van der Waals surface area contributed by atoms with Gasteiger partial charge in [0.05, 0.1) is 0 Å². The van der Waals surface area contributed by atoms with E-state index in [0.717, 1.165) is 50.7 Å². The second-order valence-electron chi connectivity index (χ2n) is 9.78. The van der Waals surface area contributed by atoms with Crippen molar-refractivity contribution in [2.75, 3.05) is 0 Å². The van der Waals surface area contributed by atoms with Crippen molar-refractivity contribution in [3.63, 3.8) is 0 Å². The third-order valence-corrected chi connectivity index (χ3v) is 7.48. The molecule has 0 aromatic heterocycles. The van der Waals surface area contributed by atoms with Crippen LogP contribution >= 0.6 is 0 Å². The molecule has 0 saturated heterocycles. The second kappa shape index (κ2) is 12.5. The topological polar surface area (TPSA) is 0 Å². The van der Waals surface area contributed by atoms with E-state index in [1.165, 1.54) is 0 Å². The van der Waals surface area contributed by atoms with E-state index < -0.39 is 23.5 Å². The van der Waals surface area contributed by atoms with Crippen molar-refractivity contribution in [2.45, 2.75) is 25.2 Å². The van der Waals surface area contributed by atoms with Crippen LogP contribution in [0, 0.1) is 0 Å². The van der Waals surface area contributed by atoms with Gasteiger partial charge in [0.2, 0.25) is 0 Å². The maximum atomic E-state index is 13.8. The average Bonchev–Trinajstić information content (AvgIpc) is 3.43. The van der Waals surface area contributed by atoms with E-state index in [9.17, 15) is 26.3 Å². The van der Waals surface area contributed by atoms with Crippen molar-refractivity contribution in [1.82, 2.24) is 0 Å². The molecule has 213 valence electrons. The van der Waals surface area contributed by atoms with Gasteiger partial charge in [-0.1, -0.05) is 90.5 Å². The van der Waals surface area contributed by atoms with Crippen molar-refractivity contribution in [3.05, 3.63) is 137 Å². The Balaban J connectivity index is 0.00000161. The van der Waals surface area contributed by atoms with Gasteiger partial charge in [-0.05, 0) is 40.8 Å². The first-order valence-electron chi connectivity index (χ1n) is 12.4. The SMILES string of the molecule is CC1=C(c2ccccc2)C(c2c(-c3cc(C(F)(F)F)cc(C(F)(F)F)c3)[cH-]c3ccccc23)c2ccccc21.[Cl-].[Cl-].[Zr+3]. The molecule has 1 atom stereocenters. The molecule has 0 saturated carbocycles. The number of hydrogen-bond acceptors (Lipinski definition) is 0. The number of halogens is 8. The summed E-state index contributed by atoms with van der Waals surface area (Å²) in [6, 6.07) is 28.4. The van der Waals surface area contributed by atoms with E-state index in [0.29, 0.717) is 11.1 Å². The zero-order chi connectivity index (χ0) is 27.5. The van der Waals surface area contributed by atoms with Gasteiger partial charge in [-0.15, -0.1) is 34.0 Å². The van der Waals surface area contributed by atoms with E-state index in [-0.39, 0.29) is 68.6 Å². The minimum atomic E-state index is -4.94. The van der Waals surface area contributed by atoms with Gasteiger partial charge in [-0.2, -0.15) is 26.3 Å². The van der Waals surface area contributed by atoms with Crippen molar-refractivity contribution >= 4 is 21.9 Å². The first kappa shape index (κ1) is 33.8. The van der Waals surface area contributed by atoms with Crippen molar-refractivity contribution in [1.29, 1.82) is 0 Å². The predicted octanol–water partition coefficient (Wildman–Crippen LogP) is 4.35. The molecule has 1 aliphatic carbocycles. The zero-order valence-corrected chi connectivity index (χ0v) is 25.9. The minimum absolute atomic E-state index is 0. The summed E-state index contributed by atoms with van der Waals surface area (Å²) in [6.45, 7) is 2.01. The number of alkyl halides is 6.